The van der Waals surface area contributed by atoms with Crippen LogP contribution in [0.4, 0.5) is 8.78 Å². The molecule has 0 saturated carbocycles. The van der Waals surface area contributed by atoms with Crippen LogP contribution in [-0.2, 0) is 17.1 Å². The van der Waals surface area contributed by atoms with Crippen molar-refractivity contribution in [2.45, 2.75) is 11.9 Å². The zero-order valence-corrected chi connectivity index (χ0v) is 8.51. The molecule has 0 radical (unpaired) electrons. The Bertz CT molecular complexity index is 498. The van der Waals surface area contributed by atoms with Crippen LogP contribution in [-0.4, -0.2) is 8.42 Å². The molecule has 15 heavy (non-hydrogen) atoms. The summed E-state index contributed by atoms with van der Waals surface area (Å²) in [7, 11) is -3.17. The summed E-state index contributed by atoms with van der Waals surface area (Å²) >= 11 is 0. The van der Waals surface area contributed by atoms with E-state index in [0.29, 0.717) is 17.5 Å². The number of hydrogen-bond donors (Lipinski definition) is 1. The highest BCUT2D eigenvalue weighted by Crippen LogP contribution is 2.31. The highest BCUT2D eigenvalue weighted by molar-refractivity contribution is 7.72. The third-order valence-electron chi connectivity index (χ3n) is 2.39. The van der Waals surface area contributed by atoms with Crippen molar-refractivity contribution >= 4 is 16.8 Å². The summed E-state index contributed by atoms with van der Waals surface area (Å²) in [5.74, 6) is -0.448. The Morgan fingerprint density at radius 3 is 2.73 bits per heavy atom. The fraction of sp³-hybridized carbons (Fsp3) is 0.200. The predicted octanol–water partition coefficient (Wildman–Crippen LogP) is 1.97. The number of alkyl halides is 1. The lowest BCUT2D eigenvalue weighted by atomic mass is 10.0. The van der Waals surface area contributed by atoms with Crippen molar-refractivity contribution in [2.75, 3.05) is 0 Å². The predicted molar refractivity (Wildman–Crippen MR) is 53.3 cm³/mol. The smallest absolute Gasteiger partial charge is 0.223 e. The van der Waals surface area contributed by atoms with E-state index in [4.69, 9.17) is 0 Å². The van der Waals surface area contributed by atoms with Gasteiger partial charge in [-0.1, -0.05) is 18.2 Å². The highest BCUT2D eigenvalue weighted by atomic mass is 32.2. The van der Waals surface area contributed by atoms with Gasteiger partial charge in [0, 0.05) is 11.1 Å². The number of rotatable bonds is 2. The third-order valence-corrected chi connectivity index (χ3v) is 3.04. The molecule has 1 aromatic carbocycles. The van der Waals surface area contributed by atoms with Gasteiger partial charge in [0.15, 0.2) is 10.7 Å². The Labute approximate surface area is 87.2 Å². The van der Waals surface area contributed by atoms with Crippen LogP contribution >= 0.6 is 0 Å². The van der Waals surface area contributed by atoms with Crippen LogP contribution in [0.5, 0.6) is 0 Å². The third kappa shape index (κ3) is 1.67. The number of thiol groups is 1. The maximum atomic E-state index is 13.3. The zero-order chi connectivity index (χ0) is 11.0. The minimum absolute atomic E-state index is 0.0486. The van der Waals surface area contributed by atoms with E-state index in [1.165, 1.54) is 6.07 Å². The van der Waals surface area contributed by atoms with E-state index in [9.17, 15) is 17.2 Å². The molecule has 0 aliphatic heterocycles. The number of fused-ring (bicyclic) bond motifs is 1. The summed E-state index contributed by atoms with van der Waals surface area (Å²) in [4.78, 5) is 0. The van der Waals surface area contributed by atoms with Crippen molar-refractivity contribution in [3.8, 4) is 0 Å². The van der Waals surface area contributed by atoms with Crippen LogP contribution in [0.15, 0.2) is 18.2 Å². The Morgan fingerprint density at radius 1 is 1.33 bits per heavy atom. The summed E-state index contributed by atoms with van der Waals surface area (Å²) in [6, 6.07) is 2.28. The number of hydrogen-bond acceptors (Lipinski definition) is 2. The SMILES string of the molecule is O=[SH](=O)C(F)c1ccc(F)c2c1CC=C2. The second-order valence-electron chi connectivity index (χ2n) is 3.26. The lowest BCUT2D eigenvalue weighted by molar-refractivity contribution is 0.438. The van der Waals surface area contributed by atoms with Gasteiger partial charge in [0.1, 0.15) is 5.82 Å². The molecule has 1 aliphatic rings. The quantitative estimate of drug-likeness (QED) is 0.788. The monoisotopic (exact) mass is 230 g/mol. The molecule has 5 heteroatoms. The van der Waals surface area contributed by atoms with E-state index in [1.807, 2.05) is 0 Å². The van der Waals surface area contributed by atoms with Crippen LogP contribution in [0.2, 0.25) is 0 Å². The van der Waals surface area contributed by atoms with E-state index in [1.54, 1.807) is 12.2 Å². The second-order valence-corrected chi connectivity index (χ2v) is 4.28. The van der Waals surface area contributed by atoms with E-state index >= 15 is 0 Å². The van der Waals surface area contributed by atoms with Crippen molar-refractivity contribution in [1.82, 2.24) is 0 Å². The zero-order valence-electron chi connectivity index (χ0n) is 7.61. The Morgan fingerprint density at radius 2 is 2.07 bits per heavy atom. The van der Waals surface area contributed by atoms with Crippen LogP contribution in [0, 0.1) is 5.82 Å². The fourth-order valence-electron chi connectivity index (χ4n) is 1.69. The van der Waals surface area contributed by atoms with E-state index in [0.717, 1.165) is 6.07 Å². The summed E-state index contributed by atoms with van der Waals surface area (Å²) in [6.07, 6.45) is 3.60. The molecule has 1 unspecified atom stereocenters. The minimum atomic E-state index is -3.17. The topological polar surface area (TPSA) is 34.1 Å². The largest absolute Gasteiger partial charge is 0.228 e. The average molecular weight is 230 g/mol. The van der Waals surface area contributed by atoms with Crippen molar-refractivity contribution in [3.63, 3.8) is 0 Å². The van der Waals surface area contributed by atoms with Crippen LogP contribution in [0.3, 0.4) is 0 Å². The van der Waals surface area contributed by atoms with Gasteiger partial charge in [0.25, 0.3) is 0 Å². The first-order chi connectivity index (χ1) is 7.11. The van der Waals surface area contributed by atoms with Crippen molar-refractivity contribution in [3.05, 3.63) is 40.7 Å². The van der Waals surface area contributed by atoms with Gasteiger partial charge in [-0.05, 0) is 18.1 Å². The van der Waals surface area contributed by atoms with Crippen molar-refractivity contribution < 1.29 is 17.2 Å². The highest BCUT2D eigenvalue weighted by Gasteiger charge is 2.21. The molecule has 2 nitrogen and oxygen atoms in total. The molecule has 2 rings (SSSR count). The van der Waals surface area contributed by atoms with Crippen molar-refractivity contribution in [1.29, 1.82) is 0 Å². The molecule has 1 aromatic rings. The lowest BCUT2D eigenvalue weighted by Crippen LogP contribution is -2.01. The first-order valence-electron chi connectivity index (χ1n) is 4.36. The van der Waals surface area contributed by atoms with E-state index in [2.05, 4.69) is 0 Å². The summed E-state index contributed by atoms with van der Waals surface area (Å²) in [5.41, 5.74) is -1.27. The number of allylic oxidation sites excluding steroid dienone is 1. The van der Waals surface area contributed by atoms with Crippen molar-refractivity contribution in [2.24, 2.45) is 0 Å². The normalized spacial score (nSPS) is 15.7. The van der Waals surface area contributed by atoms with Crippen LogP contribution in [0.1, 0.15) is 22.2 Å². The van der Waals surface area contributed by atoms with Gasteiger partial charge >= 0.3 is 0 Å². The number of benzene rings is 1. The van der Waals surface area contributed by atoms with Gasteiger partial charge in [-0.15, -0.1) is 0 Å². The lowest BCUT2D eigenvalue weighted by Gasteiger charge is -2.09. The molecule has 0 aromatic heterocycles. The van der Waals surface area contributed by atoms with Crippen LogP contribution < -0.4 is 0 Å². The molecular weight excluding hydrogens is 222 g/mol. The molecule has 0 heterocycles. The Hall–Kier alpha value is -1.23. The summed E-state index contributed by atoms with van der Waals surface area (Å²) < 4.78 is 47.6. The van der Waals surface area contributed by atoms with E-state index < -0.39 is 22.0 Å². The van der Waals surface area contributed by atoms with E-state index in [-0.39, 0.29) is 5.56 Å². The molecule has 0 saturated heterocycles. The second kappa shape index (κ2) is 3.73. The molecule has 0 fully saturated rings. The van der Waals surface area contributed by atoms with Gasteiger partial charge in [0.05, 0.1) is 0 Å². The summed E-state index contributed by atoms with van der Waals surface area (Å²) in [5, 5.41) is 0. The first-order valence-corrected chi connectivity index (χ1v) is 5.61. The van der Waals surface area contributed by atoms with Gasteiger partial charge in [-0.3, -0.25) is 0 Å². The minimum Gasteiger partial charge on any atom is -0.228 e. The first kappa shape index (κ1) is 10.3. The molecule has 0 amide bonds. The maximum Gasteiger partial charge on any atom is 0.223 e. The molecule has 0 spiro atoms. The van der Waals surface area contributed by atoms with Gasteiger partial charge in [-0.25, -0.2) is 17.2 Å². The number of halogens is 2. The summed E-state index contributed by atoms with van der Waals surface area (Å²) in [6.45, 7) is 0. The van der Waals surface area contributed by atoms with Gasteiger partial charge in [0.2, 0.25) is 5.50 Å². The van der Waals surface area contributed by atoms with Gasteiger partial charge < -0.3 is 0 Å². The standard InChI is InChI=1S/C10H8F2O2S/c11-9-5-4-8(10(12)15(13)14)6-2-1-3-7(6)9/h1,3-5,10,15H,2H2. The Balaban J connectivity index is 2.57. The molecular formula is C10H8F2O2S. The van der Waals surface area contributed by atoms with Crippen LogP contribution in [0.25, 0.3) is 6.08 Å². The molecule has 1 atom stereocenters. The maximum absolute atomic E-state index is 13.3. The Kier molecular flexibility index (Phi) is 2.56. The molecule has 80 valence electrons. The molecule has 0 bridgehead atoms. The molecule has 0 N–H and O–H groups in total. The fourth-order valence-corrected chi connectivity index (χ4v) is 2.16. The molecule has 1 aliphatic carbocycles. The van der Waals surface area contributed by atoms with Gasteiger partial charge in [-0.2, -0.15) is 0 Å². The average Bonchev–Trinajstić information content (AvgIpc) is 2.66.